The molecule has 170 valence electrons. The summed E-state index contributed by atoms with van der Waals surface area (Å²) in [7, 11) is 0. The summed E-state index contributed by atoms with van der Waals surface area (Å²) in [6.45, 7) is 1.91. The molecule has 3 aliphatic carbocycles. The number of aryl methyl sites for hydroxylation is 1. The van der Waals surface area contributed by atoms with E-state index < -0.39 is 0 Å². The molecule has 6 rings (SSSR count). The van der Waals surface area contributed by atoms with Crippen molar-refractivity contribution in [2.45, 2.75) is 62.8 Å². The van der Waals surface area contributed by atoms with Crippen LogP contribution < -0.4 is 5.32 Å². The maximum absolute atomic E-state index is 13.3. The molecular formula is C26H27ClN4O2. The summed E-state index contributed by atoms with van der Waals surface area (Å²) in [5.41, 5.74) is 1.73. The Labute approximate surface area is 198 Å². The van der Waals surface area contributed by atoms with Crippen LogP contribution in [0.15, 0.2) is 46.9 Å². The lowest BCUT2D eigenvalue weighted by Gasteiger charge is -2.35. The van der Waals surface area contributed by atoms with E-state index in [9.17, 15) is 4.79 Å². The van der Waals surface area contributed by atoms with Crippen LogP contribution in [-0.2, 0) is 5.41 Å². The highest BCUT2D eigenvalue weighted by atomic mass is 35.5. The highest BCUT2D eigenvalue weighted by molar-refractivity contribution is 6.30. The Bertz CT molecular complexity index is 1230. The SMILES string of the molecule is Cc1cccc(C(=O)NC23CCCC4CC2CC(c2nnc(-c5cccc(Cl)c5)o2)(C4)C3)n1. The minimum atomic E-state index is -0.252. The quantitative estimate of drug-likeness (QED) is 0.553. The molecule has 0 spiro atoms. The summed E-state index contributed by atoms with van der Waals surface area (Å²) in [4.78, 5) is 17.7. The lowest BCUT2D eigenvalue weighted by molar-refractivity contribution is 0.0856. The van der Waals surface area contributed by atoms with Crippen molar-refractivity contribution >= 4 is 17.5 Å². The van der Waals surface area contributed by atoms with Gasteiger partial charge in [-0.3, -0.25) is 4.79 Å². The van der Waals surface area contributed by atoms with E-state index >= 15 is 0 Å². The topological polar surface area (TPSA) is 80.9 Å². The van der Waals surface area contributed by atoms with Gasteiger partial charge in [-0.25, -0.2) is 4.98 Å². The Hall–Kier alpha value is -2.73. The molecule has 3 aromatic rings. The number of halogens is 1. The third kappa shape index (κ3) is 3.55. The zero-order valence-corrected chi connectivity index (χ0v) is 19.4. The summed E-state index contributed by atoms with van der Waals surface area (Å²) in [5, 5.41) is 13.0. The smallest absolute Gasteiger partial charge is 0.270 e. The van der Waals surface area contributed by atoms with Crippen molar-refractivity contribution in [2.24, 2.45) is 11.8 Å². The molecule has 4 atom stereocenters. The number of hydrogen-bond donors (Lipinski definition) is 1. The molecular weight excluding hydrogens is 436 g/mol. The zero-order chi connectivity index (χ0) is 22.6. The molecule has 4 unspecified atom stereocenters. The molecule has 0 radical (unpaired) electrons. The van der Waals surface area contributed by atoms with Crippen molar-refractivity contribution < 1.29 is 9.21 Å². The first-order chi connectivity index (χ1) is 15.9. The monoisotopic (exact) mass is 462 g/mol. The van der Waals surface area contributed by atoms with Crippen LogP contribution in [0.4, 0.5) is 0 Å². The molecule has 2 aromatic heterocycles. The maximum atomic E-state index is 13.3. The predicted octanol–water partition coefficient (Wildman–Crippen LogP) is 5.50. The predicted molar refractivity (Wildman–Crippen MR) is 125 cm³/mol. The van der Waals surface area contributed by atoms with Crippen molar-refractivity contribution in [1.82, 2.24) is 20.5 Å². The van der Waals surface area contributed by atoms with Gasteiger partial charge in [-0.1, -0.05) is 36.6 Å². The average molecular weight is 463 g/mol. The first-order valence-corrected chi connectivity index (χ1v) is 12.2. The van der Waals surface area contributed by atoms with Crippen molar-refractivity contribution in [3.05, 3.63) is 64.8 Å². The first kappa shape index (κ1) is 20.8. The summed E-state index contributed by atoms with van der Waals surface area (Å²) < 4.78 is 6.29. The number of nitrogens with one attached hydrogen (secondary N) is 1. The molecule has 7 heteroatoms. The van der Waals surface area contributed by atoms with Crippen LogP contribution in [0, 0.1) is 18.8 Å². The molecule has 1 N–H and O–H groups in total. The van der Waals surface area contributed by atoms with Gasteiger partial charge in [-0.05, 0) is 81.2 Å². The molecule has 3 aliphatic rings. The molecule has 1 amide bonds. The number of carbonyl (C=O) groups is 1. The number of pyridine rings is 1. The molecule has 6 nitrogen and oxygen atoms in total. The summed E-state index contributed by atoms with van der Waals surface area (Å²) in [6, 6.07) is 13.1. The summed E-state index contributed by atoms with van der Waals surface area (Å²) in [6.07, 6.45) is 7.32. The summed E-state index contributed by atoms with van der Waals surface area (Å²) in [5.74, 6) is 2.17. The van der Waals surface area contributed by atoms with Crippen molar-refractivity contribution in [3.8, 4) is 11.5 Å². The Morgan fingerprint density at radius 3 is 2.91 bits per heavy atom. The van der Waals surface area contributed by atoms with E-state index in [0.717, 1.165) is 49.8 Å². The second-order valence-electron chi connectivity index (χ2n) is 10.3. The van der Waals surface area contributed by atoms with Gasteiger partial charge >= 0.3 is 0 Å². The van der Waals surface area contributed by atoms with Crippen molar-refractivity contribution in [1.29, 1.82) is 0 Å². The van der Waals surface area contributed by atoms with Crippen LogP contribution in [0.2, 0.25) is 5.02 Å². The third-order valence-electron chi connectivity index (χ3n) is 8.04. The number of rotatable bonds is 4. The number of benzene rings is 1. The van der Waals surface area contributed by atoms with E-state index in [1.807, 2.05) is 43.3 Å². The van der Waals surface area contributed by atoms with E-state index in [1.165, 1.54) is 6.42 Å². The standard InChI is InChI=1S/C26H27ClN4O2/c1-16-5-2-9-21(28-16)22(32)29-26-10-4-6-17-11-19(26)14-25(13-17,15-26)24-31-30-23(33-24)18-7-3-8-20(27)12-18/h2-3,5,7-9,12,17,19H,4,6,10-11,13-15H2,1H3,(H,29,32). The second-order valence-corrected chi connectivity index (χ2v) is 10.7. The molecule has 33 heavy (non-hydrogen) atoms. The average Bonchev–Trinajstić information content (AvgIpc) is 3.33. The van der Waals surface area contributed by atoms with Gasteiger partial charge in [-0.15, -0.1) is 10.2 Å². The normalized spacial score (nSPS) is 30.2. The third-order valence-corrected chi connectivity index (χ3v) is 8.27. The number of carbonyl (C=O) groups excluding carboxylic acids is 1. The van der Waals surface area contributed by atoms with Crippen LogP contribution >= 0.6 is 11.6 Å². The molecule has 1 aromatic carbocycles. The number of amides is 1. The molecule has 0 aliphatic heterocycles. The number of hydrogen-bond acceptors (Lipinski definition) is 5. The Morgan fingerprint density at radius 2 is 2.06 bits per heavy atom. The fourth-order valence-electron chi connectivity index (χ4n) is 6.80. The number of fused-ring (bicyclic) bond motifs is 2. The molecule has 3 bridgehead atoms. The summed E-state index contributed by atoms with van der Waals surface area (Å²) >= 11 is 6.17. The van der Waals surface area contributed by atoms with Gasteiger partial charge in [0, 0.05) is 21.8 Å². The highest BCUT2D eigenvalue weighted by Gasteiger charge is 2.62. The van der Waals surface area contributed by atoms with E-state index in [-0.39, 0.29) is 16.9 Å². The van der Waals surface area contributed by atoms with E-state index in [0.29, 0.717) is 34.3 Å². The van der Waals surface area contributed by atoms with Crippen LogP contribution in [0.25, 0.3) is 11.5 Å². The number of nitrogens with zero attached hydrogens (tertiary/aromatic N) is 3. The fourth-order valence-corrected chi connectivity index (χ4v) is 6.99. The molecule has 2 heterocycles. The largest absolute Gasteiger partial charge is 0.420 e. The van der Waals surface area contributed by atoms with Crippen LogP contribution in [-0.4, -0.2) is 26.6 Å². The minimum Gasteiger partial charge on any atom is -0.420 e. The van der Waals surface area contributed by atoms with Gasteiger partial charge in [0.1, 0.15) is 5.69 Å². The first-order valence-electron chi connectivity index (χ1n) is 11.8. The van der Waals surface area contributed by atoms with Gasteiger partial charge in [0.2, 0.25) is 11.8 Å². The van der Waals surface area contributed by atoms with Crippen molar-refractivity contribution in [2.75, 3.05) is 0 Å². The minimum absolute atomic E-state index is 0.0787. The van der Waals surface area contributed by atoms with E-state index in [1.54, 1.807) is 6.07 Å². The van der Waals surface area contributed by atoms with Gasteiger partial charge in [0.15, 0.2) is 0 Å². The molecule has 0 saturated heterocycles. The molecule has 3 saturated carbocycles. The maximum Gasteiger partial charge on any atom is 0.270 e. The van der Waals surface area contributed by atoms with E-state index in [4.69, 9.17) is 16.0 Å². The Morgan fingerprint density at radius 1 is 1.18 bits per heavy atom. The highest BCUT2D eigenvalue weighted by Crippen LogP contribution is 2.62. The second kappa shape index (κ2) is 7.66. The van der Waals surface area contributed by atoms with Gasteiger partial charge in [0.25, 0.3) is 5.91 Å². The van der Waals surface area contributed by atoms with Crippen LogP contribution in [0.1, 0.15) is 67.0 Å². The Kier molecular flexibility index (Phi) is 4.84. The van der Waals surface area contributed by atoms with Gasteiger partial charge < -0.3 is 9.73 Å². The van der Waals surface area contributed by atoms with Crippen LogP contribution in [0.5, 0.6) is 0 Å². The van der Waals surface area contributed by atoms with Crippen molar-refractivity contribution in [3.63, 3.8) is 0 Å². The van der Waals surface area contributed by atoms with Crippen LogP contribution in [0.3, 0.4) is 0 Å². The lowest BCUT2D eigenvalue weighted by Crippen LogP contribution is -2.51. The lowest BCUT2D eigenvalue weighted by atomic mass is 9.69. The fraction of sp³-hybridized carbons (Fsp3) is 0.462. The number of aromatic nitrogens is 3. The van der Waals surface area contributed by atoms with E-state index in [2.05, 4.69) is 20.5 Å². The van der Waals surface area contributed by atoms with Gasteiger partial charge in [-0.2, -0.15) is 0 Å². The Balaban J connectivity index is 1.34. The van der Waals surface area contributed by atoms with Gasteiger partial charge in [0.05, 0.1) is 5.41 Å². The molecule has 3 fully saturated rings. The zero-order valence-electron chi connectivity index (χ0n) is 18.7.